The summed E-state index contributed by atoms with van der Waals surface area (Å²) in [4.78, 5) is 11.2. The zero-order valence-electron chi connectivity index (χ0n) is 8.86. The lowest BCUT2D eigenvalue weighted by Crippen LogP contribution is -2.34. The van der Waals surface area contributed by atoms with Gasteiger partial charge in [-0.15, -0.1) is 12.4 Å². The normalized spacial score (nSPS) is 24.7. The predicted molar refractivity (Wildman–Crippen MR) is 65.6 cm³/mol. The molecule has 4 nitrogen and oxygen atoms in total. The smallest absolute Gasteiger partial charge is 0.220 e. The van der Waals surface area contributed by atoms with Crippen molar-refractivity contribution in [1.82, 2.24) is 10.6 Å². The Balaban J connectivity index is 0.00000196. The molecule has 3 N–H and O–H groups in total. The molecule has 0 radical (unpaired) electrons. The molecule has 2 atom stereocenters. The van der Waals surface area contributed by atoms with Crippen molar-refractivity contribution in [3.8, 4) is 0 Å². The zero-order chi connectivity index (χ0) is 10.4. The van der Waals surface area contributed by atoms with Crippen LogP contribution < -0.4 is 10.6 Å². The van der Waals surface area contributed by atoms with Crippen LogP contribution in [-0.4, -0.2) is 48.8 Å². The van der Waals surface area contributed by atoms with Crippen molar-refractivity contribution in [1.29, 1.82) is 0 Å². The molecule has 1 aliphatic rings. The first-order chi connectivity index (χ1) is 6.74. The molecule has 0 aromatic rings. The third kappa shape index (κ3) is 5.61. The molecule has 2 unspecified atom stereocenters. The summed E-state index contributed by atoms with van der Waals surface area (Å²) in [6.45, 7) is 2.02. The summed E-state index contributed by atoms with van der Waals surface area (Å²) in [5.41, 5.74) is 0. The van der Waals surface area contributed by atoms with Crippen molar-refractivity contribution in [2.75, 3.05) is 31.6 Å². The van der Waals surface area contributed by atoms with E-state index in [4.69, 9.17) is 0 Å². The highest BCUT2D eigenvalue weighted by Gasteiger charge is 2.24. The summed E-state index contributed by atoms with van der Waals surface area (Å²) < 4.78 is 0. The van der Waals surface area contributed by atoms with Gasteiger partial charge in [-0.1, -0.05) is 0 Å². The third-order valence-corrected chi connectivity index (χ3v) is 3.01. The molecule has 15 heavy (non-hydrogen) atoms. The summed E-state index contributed by atoms with van der Waals surface area (Å²) in [6, 6.07) is 0. The highest BCUT2D eigenvalue weighted by atomic mass is 35.5. The average Bonchev–Trinajstić information content (AvgIpc) is 2.58. The Morgan fingerprint density at radius 3 is 2.87 bits per heavy atom. The van der Waals surface area contributed by atoms with Gasteiger partial charge in [-0.05, 0) is 6.26 Å². The molecule has 0 aliphatic carbocycles. The standard InChI is InChI=1S/C9H18N2O2S.ClH/c1-14-3-2-9(13)11-5-7-4-10-6-8(7)12;/h7-8,10,12H,2-6H2,1H3,(H,11,13);1H. The SMILES string of the molecule is CSCCC(=O)NCC1CNCC1O.Cl. The zero-order valence-corrected chi connectivity index (χ0v) is 10.5. The second kappa shape index (κ2) is 8.21. The van der Waals surface area contributed by atoms with Gasteiger partial charge >= 0.3 is 0 Å². The minimum absolute atomic E-state index is 0. The van der Waals surface area contributed by atoms with Gasteiger partial charge < -0.3 is 15.7 Å². The molecule has 1 saturated heterocycles. The third-order valence-electron chi connectivity index (χ3n) is 2.40. The Morgan fingerprint density at radius 2 is 2.33 bits per heavy atom. The topological polar surface area (TPSA) is 61.4 Å². The minimum atomic E-state index is -0.309. The van der Waals surface area contributed by atoms with Gasteiger partial charge in [0.1, 0.15) is 0 Å². The fourth-order valence-corrected chi connectivity index (χ4v) is 1.85. The fourth-order valence-electron chi connectivity index (χ4n) is 1.46. The van der Waals surface area contributed by atoms with Crippen molar-refractivity contribution < 1.29 is 9.90 Å². The molecular weight excluding hydrogens is 236 g/mol. The summed E-state index contributed by atoms with van der Waals surface area (Å²) in [6.07, 6.45) is 2.24. The van der Waals surface area contributed by atoms with Gasteiger partial charge in [-0.25, -0.2) is 0 Å². The van der Waals surface area contributed by atoms with Crippen LogP contribution in [0.2, 0.25) is 0 Å². The number of nitrogens with one attached hydrogen (secondary N) is 2. The first-order valence-corrected chi connectivity index (χ1v) is 6.28. The van der Waals surface area contributed by atoms with Crippen molar-refractivity contribution in [2.45, 2.75) is 12.5 Å². The maximum atomic E-state index is 11.2. The number of aliphatic hydroxyl groups is 1. The number of hydrogen-bond acceptors (Lipinski definition) is 4. The first-order valence-electron chi connectivity index (χ1n) is 4.88. The highest BCUT2D eigenvalue weighted by molar-refractivity contribution is 7.98. The Kier molecular flexibility index (Phi) is 8.23. The largest absolute Gasteiger partial charge is 0.391 e. The van der Waals surface area contributed by atoms with Gasteiger partial charge in [0.05, 0.1) is 6.10 Å². The van der Waals surface area contributed by atoms with Crippen LogP contribution in [0.1, 0.15) is 6.42 Å². The molecule has 90 valence electrons. The molecular formula is C9H19ClN2O2S. The van der Waals surface area contributed by atoms with Gasteiger partial charge in [0, 0.05) is 37.7 Å². The van der Waals surface area contributed by atoms with Gasteiger partial charge in [0.2, 0.25) is 5.91 Å². The lowest BCUT2D eigenvalue weighted by molar-refractivity contribution is -0.120. The molecule has 1 amide bonds. The Morgan fingerprint density at radius 1 is 1.60 bits per heavy atom. The van der Waals surface area contributed by atoms with E-state index in [-0.39, 0.29) is 30.3 Å². The number of amides is 1. The van der Waals surface area contributed by atoms with Crippen LogP contribution >= 0.6 is 24.2 Å². The van der Waals surface area contributed by atoms with E-state index in [1.54, 1.807) is 11.8 Å². The summed E-state index contributed by atoms with van der Waals surface area (Å²) in [5, 5.41) is 15.4. The molecule has 1 aliphatic heterocycles. The van der Waals surface area contributed by atoms with Gasteiger partial charge in [0.25, 0.3) is 0 Å². The van der Waals surface area contributed by atoms with Gasteiger partial charge in [-0.3, -0.25) is 4.79 Å². The molecule has 1 heterocycles. The van der Waals surface area contributed by atoms with E-state index >= 15 is 0 Å². The Bertz CT molecular complexity index is 195. The predicted octanol–water partition coefficient (Wildman–Crippen LogP) is -0.142. The summed E-state index contributed by atoms with van der Waals surface area (Å²) in [5.74, 6) is 1.11. The molecule has 0 saturated carbocycles. The Labute approximate surface area is 101 Å². The Hall–Kier alpha value is 0.0300. The van der Waals surface area contributed by atoms with Gasteiger partial charge in [0.15, 0.2) is 0 Å². The second-order valence-electron chi connectivity index (χ2n) is 3.53. The van der Waals surface area contributed by atoms with Crippen LogP contribution in [0.3, 0.4) is 0 Å². The van der Waals surface area contributed by atoms with E-state index in [1.807, 2.05) is 6.26 Å². The molecule has 1 fully saturated rings. The maximum absolute atomic E-state index is 11.2. The number of hydrogen-bond donors (Lipinski definition) is 3. The lowest BCUT2D eigenvalue weighted by Gasteiger charge is -2.13. The number of rotatable bonds is 5. The van der Waals surface area contributed by atoms with Crippen LogP contribution in [0.15, 0.2) is 0 Å². The maximum Gasteiger partial charge on any atom is 0.220 e. The molecule has 0 aromatic carbocycles. The summed E-state index contributed by atoms with van der Waals surface area (Å²) in [7, 11) is 0. The average molecular weight is 255 g/mol. The molecule has 1 rings (SSSR count). The highest BCUT2D eigenvalue weighted by Crippen LogP contribution is 2.07. The molecule has 0 aromatic heterocycles. The molecule has 6 heteroatoms. The van der Waals surface area contributed by atoms with Crippen LogP contribution in [-0.2, 0) is 4.79 Å². The number of carbonyl (C=O) groups is 1. The van der Waals surface area contributed by atoms with Crippen LogP contribution in [0.5, 0.6) is 0 Å². The van der Waals surface area contributed by atoms with Crippen LogP contribution in [0.4, 0.5) is 0 Å². The first kappa shape index (κ1) is 15.0. The number of halogens is 1. The lowest BCUT2D eigenvalue weighted by atomic mass is 10.1. The van der Waals surface area contributed by atoms with Crippen molar-refractivity contribution in [3.63, 3.8) is 0 Å². The van der Waals surface area contributed by atoms with E-state index in [0.717, 1.165) is 12.3 Å². The van der Waals surface area contributed by atoms with E-state index in [1.165, 1.54) is 0 Å². The van der Waals surface area contributed by atoms with Crippen LogP contribution in [0, 0.1) is 5.92 Å². The van der Waals surface area contributed by atoms with Crippen molar-refractivity contribution in [2.24, 2.45) is 5.92 Å². The number of β-amino-alcohol motifs (C(OH)–C–C–N with tert-alkyl or cyclic N) is 1. The van der Waals surface area contributed by atoms with E-state index in [0.29, 0.717) is 19.5 Å². The van der Waals surface area contributed by atoms with Crippen molar-refractivity contribution in [3.05, 3.63) is 0 Å². The molecule has 0 bridgehead atoms. The number of carbonyl (C=O) groups excluding carboxylic acids is 1. The van der Waals surface area contributed by atoms with E-state index < -0.39 is 0 Å². The van der Waals surface area contributed by atoms with Gasteiger partial charge in [-0.2, -0.15) is 11.8 Å². The van der Waals surface area contributed by atoms with Crippen molar-refractivity contribution >= 4 is 30.1 Å². The molecule has 0 spiro atoms. The summed E-state index contributed by atoms with van der Waals surface area (Å²) >= 11 is 1.67. The fraction of sp³-hybridized carbons (Fsp3) is 0.889. The minimum Gasteiger partial charge on any atom is -0.391 e. The quantitative estimate of drug-likeness (QED) is 0.639. The number of thioether (sulfide) groups is 1. The monoisotopic (exact) mass is 254 g/mol. The van der Waals surface area contributed by atoms with E-state index in [2.05, 4.69) is 10.6 Å². The number of aliphatic hydroxyl groups excluding tert-OH is 1. The van der Waals surface area contributed by atoms with Crippen LogP contribution in [0.25, 0.3) is 0 Å². The second-order valence-corrected chi connectivity index (χ2v) is 4.52. The van der Waals surface area contributed by atoms with E-state index in [9.17, 15) is 9.90 Å².